The lowest BCUT2D eigenvalue weighted by molar-refractivity contribution is 0.0931. The molecular formula is C14H19BrN2OS. The van der Waals surface area contributed by atoms with Crippen LogP contribution in [-0.2, 0) is 0 Å². The summed E-state index contributed by atoms with van der Waals surface area (Å²) in [6.45, 7) is 5.27. The Morgan fingerprint density at radius 3 is 2.84 bits per heavy atom. The van der Waals surface area contributed by atoms with E-state index in [9.17, 15) is 4.79 Å². The van der Waals surface area contributed by atoms with Gasteiger partial charge in [0.15, 0.2) is 0 Å². The molecule has 1 aliphatic rings. The zero-order valence-corrected chi connectivity index (χ0v) is 13.5. The molecule has 1 saturated heterocycles. The van der Waals surface area contributed by atoms with Gasteiger partial charge in [0.05, 0.1) is 5.56 Å². The Labute approximate surface area is 128 Å². The fraction of sp³-hybridized carbons (Fsp3) is 0.500. The number of carbonyl (C=O) groups is 1. The molecular weight excluding hydrogens is 324 g/mol. The van der Waals surface area contributed by atoms with Gasteiger partial charge in [-0.3, -0.25) is 4.79 Å². The Balaban J connectivity index is 1.94. The summed E-state index contributed by atoms with van der Waals surface area (Å²) in [5.74, 6) is -0.0468. The van der Waals surface area contributed by atoms with Gasteiger partial charge in [-0.1, -0.05) is 0 Å². The third kappa shape index (κ3) is 4.23. The highest BCUT2D eigenvalue weighted by atomic mass is 79.9. The lowest BCUT2D eigenvalue weighted by Crippen LogP contribution is -2.41. The van der Waals surface area contributed by atoms with Crippen LogP contribution in [0.3, 0.4) is 0 Å². The van der Waals surface area contributed by atoms with Gasteiger partial charge in [-0.15, -0.1) is 12.6 Å². The Morgan fingerprint density at radius 2 is 2.16 bits per heavy atom. The van der Waals surface area contributed by atoms with Crippen LogP contribution in [0.25, 0.3) is 0 Å². The van der Waals surface area contributed by atoms with E-state index in [-0.39, 0.29) is 11.9 Å². The van der Waals surface area contributed by atoms with Crippen molar-refractivity contribution in [2.24, 2.45) is 0 Å². The molecule has 1 aromatic carbocycles. The maximum absolute atomic E-state index is 12.2. The highest BCUT2D eigenvalue weighted by Crippen LogP contribution is 2.20. The molecule has 2 rings (SSSR count). The first-order valence-electron chi connectivity index (χ1n) is 6.58. The van der Waals surface area contributed by atoms with E-state index in [0.29, 0.717) is 5.56 Å². The number of halogens is 1. The largest absolute Gasteiger partial charge is 0.348 e. The van der Waals surface area contributed by atoms with E-state index in [2.05, 4.69) is 45.7 Å². The monoisotopic (exact) mass is 342 g/mol. The molecule has 0 aromatic heterocycles. The summed E-state index contributed by atoms with van der Waals surface area (Å²) < 4.78 is 0.802. The van der Waals surface area contributed by atoms with E-state index >= 15 is 0 Å². The van der Waals surface area contributed by atoms with Gasteiger partial charge in [-0.05, 0) is 67.0 Å². The summed E-state index contributed by atoms with van der Waals surface area (Å²) in [5, 5.41) is 3.05. The number of nitrogens with one attached hydrogen (secondary N) is 1. The Bertz CT molecular complexity index is 461. The topological polar surface area (TPSA) is 32.3 Å². The number of hydrogen-bond donors (Lipinski definition) is 2. The first-order chi connectivity index (χ1) is 9.06. The van der Waals surface area contributed by atoms with Crippen LogP contribution in [0.2, 0.25) is 0 Å². The number of thiol groups is 1. The van der Waals surface area contributed by atoms with Crippen molar-refractivity contribution in [1.29, 1.82) is 0 Å². The first-order valence-corrected chi connectivity index (χ1v) is 7.82. The maximum Gasteiger partial charge on any atom is 0.252 e. The number of benzene rings is 1. The molecule has 1 atom stereocenters. The molecule has 1 aliphatic heterocycles. The molecule has 104 valence electrons. The van der Waals surface area contributed by atoms with Crippen molar-refractivity contribution in [3.05, 3.63) is 28.2 Å². The van der Waals surface area contributed by atoms with E-state index in [1.165, 1.54) is 12.8 Å². The molecule has 1 heterocycles. The standard InChI is InChI=1S/C14H19BrN2OS/c1-10(9-17-6-2-3-7-17)16-14(18)12-8-11(19)4-5-13(12)15/h4-5,8,10,19H,2-3,6-7,9H2,1H3,(H,16,18). The summed E-state index contributed by atoms with van der Waals surface area (Å²) >= 11 is 7.68. The third-order valence-electron chi connectivity index (χ3n) is 3.30. The molecule has 1 fully saturated rings. The summed E-state index contributed by atoms with van der Waals surface area (Å²) in [6, 6.07) is 5.64. The normalized spacial score (nSPS) is 17.4. The predicted molar refractivity (Wildman–Crippen MR) is 84.0 cm³/mol. The highest BCUT2D eigenvalue weighted by Gasteiger charge is 2.17. The summed E-state index contributed by atoms with van der Waals surface area (Å²) in [5.41, 5.74) is 0.640. The van der Waals surface area contributed by atoms with Crippen LogP contribution in [0.1, 0.15) is 30.1 Å². The minimum Gasteiger partial charge on any atom is -0.348 e. The molecule has 1 aromatic rings. The van der Waals surface area contributed by atoms with Crippen LogP contribution in [0, 0.1) is 0 Å². The molecule has 0 radical (unpaired) electrons. The Hall–Kier alpha value is -0.520. The van der Waals surface area contributed by atoms with E-state index < -0.39 is 0 Å². The Kier molecular flexibility index (Phi) is 5.30. The smallest absolute Gasteiger partial charge is 0.252 e. The second-order valence-electron chi connectivity index (χ2n) is 5.05. The number of amides is 1. The van der Waals surface area contributed by atoms with Crippen LogP contribution in [0.15, 0.2) is 27.6 Å². The van der Waals surface area contributed by atoms with Gasteiger partial charge in [0.1, 0.15) is 0 Å². The fourth-order valence-electron chi connectivity index (χ4n) is 2.39. The fourth-order valence-corrected chi connectivity index (χ4v) is 3.02. The average molecular weight is 343 g/mol. The van der Waals surface area contributed by atoms with Gasteiger partial charge in [0.2, 0.25) is 0 Å². The molecule has 3 nitrogen and oxygen atoms in total. The van der Waals surface area contributed by atoms with Crippen molar-refractivity contribution in [3.8, 4) is 0 Å². The first kappa shape index (κ1) is 14.9. The molecule has 0 spiro atoms. The van der Waals surface area contributed by atoms with Crippen molar-refractivity contribution >= 4 is 34.5 Å². The van der Waals surface area contributed by atoms with E-state index in [0.717, 1.165) is 29.0 Å². The molecule has 1 unspecified atom stereocenters. The van der Waals surface area contributed by atoms with Crippen molar-refractivity contribution < 1.29 is 4.79 Å². The number of likely N-dealkylation sites (tertiary alicyclic amines) is 1. The number of carbonyl (C=O) groups excluding carboxylic acids is 1. The van der Waals surface area contributed by atoms with Gasteiger partial charge < -0.3 is 10.2 Å². The molecule has 5 heteroatoms. The van der Waals surface area contributed by atoms with Crippen molar-refractivity contribution in [2.45, 2.75) is 30.7 Å². The lowest BCUT2D eigenvalue weighted by Gasteiger charge is -2.21. The predicted octanol–water partition coefficient (Wildman–Crippen LogP) is 2.95. The average Bonchev–Trinajstić information content (AvgIpc) is 2.84. The van der Waals surface area contributed by atoms with E-state index in [1.807, 2.05) is 12.1 Å². The molecule has 19 heavy (non-hydrogen) atoms. The van der Waals surface area contributed by atoms with Gasteiger partial charge in [0.25, 0.3) is 5.91 Å². The van der Waals surface area contributed by atoms with E-state index in [4.69, 9.17) is 0 Å². The molecule has 1 amide bonds. The zero-order valence-electron chi connectivity index (χ0n) is 11.0. The third-order valence-corrected chi connectivity index (χ3v) is 4.27. The van der Waals surface area contributed by atoms with Gasteiger partial charge >= 0.3 is 0 Å². The SMILES string of the molecule is CC(CN1CCCC1)NC(=O)c1cc(S)ccc1Br. The van der Waals surface area contributed by atoms with Crippen molar-refractivity contribution in [1.82, 2.24) is 10.2 Å². The van der Waals surface area contributed by atoms with Crippen LogP contribution in [-0.4, -0.2) is 36.5 Å². The molecule has 0 aliphatic carbocycles. The summed E-state index contributed by atoms with van der Waals surface area (Å²) in [6.07, 6.45) is 2.54. The minimum atomic E-state index is -0.0468. The van der Waals surface area contributed by atoms with Gasteiger partial charge in [-0.2, -0.15) is 0 Å². The lowest BCUT2D eigenvalue weighted by atomic mass is 10.2. The van der Waals surface area contributed by atoms with Crippen LogP contribution in [0.5, 0.6) is 0 Å². The molecule has 0 saturated carbocycles. The van der Waals surface area contributed by atoms with E-state index in [1.54, 1.807) is 6.07 Å². The van der Waals surface area contributed by atoms with Gasteiger partial charge in [0, 0.05) is 22.0 Å². The second kappa shape index (κ2) is 6.77. The van der Waals surface area contributed by atoms with Gasteiger partial charge in [-0.25, -0.2) is 0 Å². The highest BCUT2D eigenvalue weighted by molar-refractivity contribution is 9.10. The van der Waals surface area contributed by atoms with Crippen molar-refractivity contribution in [3.63, 3.8) is 0 Å². The molecule has 0 bridgehead atoms. The van der Waals surface area contributed by atoms with Crippen molar-refractivity contribution in [2.75, 3.05) is 19.6 Å². The number of nitrogens with zero attached hydrogens (tertiary/aromatic N) is 1. The van der Waals surface area contributed by atoms with Crippen LogP contribution < -0.4 is 5.32 Å². The number of rotatable bonds is 4. The quantitative estimate of drug-likeness (QED) is 0.824. The number of hydrogen-bond acceptors (Lipinski definition) is 3. The van der Waals surface area contributed by atoms with Crippen LogP contribution >= 0.6 is 28.6 Å². The molecule has 1 N–H and O–H groups in total. The summed E-state index contributed by atoms with van der Waals surface area (Å²) in [4.78, 5) is 15.4. The Morgan fingerprint density at radius 1 is 1.47 bits per heavy atom. The summed E-state index contributed by atoms with van der Waals surface area (Å²) in [7, 11) is 0. The zero-order chi connectivity index (χ0) is 13.8. The second-order valence-corrected chi connectivity index (χ2v) is 6.42. The van der Waals surface area contributed by atoms with Crippen LogP contribution in [0.4, 0.5) is 0 Å². The minimum absolute atomic E-state index is 0.0468. The maximum atomic E-state index is 12.2.